The Hall–Kier alpha value is -3.98. The lowest BCUT2D eigenvalue weighted by Crippen LogP contribution is -2.25. The summed E-state index contributed by atoms with van der Waals surface area (Å²) in [5.74, 6) is -1.67. The highest BCUT2D eigenvalue weighted by molar-refractivity contribution is 7.92. The molecule has 3 aromatic carbocycles. The molecule has 0 bridgehead atoms. The lowest BCUT2D eigenvalue weighted by Gasteiger charge is -2.13. The highest BCUT2D eigenvalue weighted by Gasteiger charge is 2.29. The van der Waals surface area contributed by atoms with Crippen molar-refractivity contribution >= 4 is 33.4 Å². The standard InChI is InChI=1S/C23H19N3O5S/c1-14-6-8-15(9-7-14)13-24-21(27)18-4-2-3-5-20(18)26-32(30,31)16-10-11-17-19(12-16)23(29)25-22(17)28/h2-12,26H,13H2,1H3,(H,24,27)(H,25,28,29). The molecule has 0 aromatic heterocycles. The van der Waals surface area contributed by atoms with E-state index in [-0.39, 0.29) is 33.8 Å². The molecule has 32 heavy (non-hydrogen) atoms. The van der Waals surface area contributed by atoms with Crippen molar-refractivity contribution in [3.05, 3.63) is 94.5 Å². The largest absolute Gasteiger partial charge is 0.348 e. The van der Waals surface area contributed by atoms with Crippen LogP contribution in [0.5, 0.6) is 0 Å². The number of benzene rings is 3. The van der Waals surface area contributed by atoms with Crippen LogP contribution in [0.1, 0.15) is 42.2 Å². The summed E-state index contributed by atoms with van der Waals surface area (Å²) in [6.45, 7) is 2.25. The van der Waals surface area contributed by atoms with Crippen LogP contribution >= 0.6 is 0 Å². The van der Waals surface area contributed by atoms with Crippen LogP contribution < -0.4 is 15.4 Å². The third kappa shape index (κ3) is 4.23. The molecule has 0 spiro atoms. The number of carbonyl (C=O) groups excluding carboxylic acids is 3. The molecule has 3 aromatic rings. The summed E-state index contributed by atoms with van der Waals surface area (Å²) in [5.41, 5.74) is 2.36. The third-order valence-electron chi connectivity index (χ3n) is 5.01. The van der Waals surface area contributed by atoms with Crippen LogP contribution in [0.15, 0.2) is 71.6 Å². The summed E-state index contributed by atoms with van der Waals surface area (Å²) in [6.07, 6.45) is 0. The highest BCUT2D eigenvalue weighted by atomic mass is 32.2. The van der Waals surface area contributed by atoms with Crippen molar-refractivity contribution in [1.29, 1.82) is 0 Å². The average Bonchev–Trinajstić information content (AvgIpc) is 3.06. The molecule has 1 aliphatic rings. The van der Waals surface area contributed by atoms with E-state index in [4.69, 9.17) is 0 Å². The van der Waals surface area contributed by atoms with Gasteiger partial charge < -0.3 is 5.32 Å². The molecule has 0 unspecified atom stereocenters. The number of imide groups is 1. The second-order valence-electron chi connectivity index (χ2n) is 7.31. The second-order valence-corrected chi connectivity index (χ2v) is 8.99. The fourth-order valence-electron chi connectivity index (χ4n) is 3.27. The van der Waals surface area contributed by atoms with Crippen molar-refractivity contribution in [3.63, 3.8) is 0 Å². The molecule has 4 rings (SSSR count). The first-order valence-electron chi connectivity index (χ1n) is 9.70. The van der Waals surface area contributed by atoms with Gasteiger partial charge in [0.1, 0.15) is 0 Å². The molecule has 9 heteroatoms. The molecule has 0 saturated carbocycles. The molecule has 0 atom stereocenters. The van der Waals surface area contributed by atoms with Crippen molar-refractivity contribution in [2.24, 2.45) is 0 Å². The number of para-hydroxylation sites is 1. The van der Waals surface area contributed by atoms with Crippen LogP contribution in [-0.2, 0) is 16.6 Å². The molecular formula is C23H19N3O5S. The Balaban J connectivity index is 1.55. The Labute approximate surface area is 184 Å². The van der Waals surface area contributed by atoms with Crippen LogP contribution in [0, 0.1) is 6.92 Å². The maximum atomic E-state index is 12.9. The van der Waals surface area contributed by atoms with E-state index < -0.39 is 27.7 Å². The van der Waals surface area contributed by atoms with Gasteiger partial charge in [0.05, 0.1) is 27.3 Å². The molecule has 0 radical (unpaired) electrons. The van der Waals surface area contributed by atoms with Crippen molar-refractivity contribution in [2.75, 3.05) is 4.72 Å². The van der Waals surface area contributed by atoms with Crippen LogP contribution in [0.3, 0.4) is 0 Å². The minimum Gasteiger partial charge on any atom is -0.348 e. The average molecular weight is 449 g/mol. The van der Waals surface area contributed by atoms with Crippen LogP contribution in [0.25, 0.3) is 0 Å². The Bertz CT molecular complexity index is 1350. The van der Waals surface area contributed by atoms with Crippen LogP contribution in [0.4, 0.5) is 5.69 Å². The Morgan fingerprint density at radius 3 is 2.34 bits per heavy atom. The van der Waals surface area contributed by atoms with Gasteiger partial charge >= 0.3 is 0 Å². The maximum absolute atomic E-state index is 12.9. The predicted molar refractivity (Wildman–Crippen MR) is 118 cm³/mol. The van der Waals surface area contributed by atoms with E-state index in [1.807, 2.05) is 31.2 Å². The molecule has 1 heterocycles. The van der Waals surface area contributed by atoms with E-state index in [2.05, 4.69) is 15.4 Å². The van der Waals surface area contributed by atoms with Gasteiger partial charge in [-0.3, -0.25) is 24.4 Å². The minimum absolute atomic E-state index is 0.0120. The van der Waals surface area contributed by atoms with E-state index in [1.165, 1.54) is 24.3 Å². The van der Waals surface area contributed by atoms with Crippen molar-refractivity contribution in [1.82, 2.24) is 10.6 Å². The summed E-state index contributed by atoms with van der Waals surface area (Å²) in [5, 5.41) is 4.90. The Morgan fingerprint density at radius 1 is 0.906 bits per heavy atom. The van der Waals surface area contributed by atoms with Crippen molar-refractivity contribution < 1.29 is 22.8 Å². The Morgan fingerprint density at radius 2 is 1.59 bits per heavy atom. The van der Waals surface area contributed by atoms with Gasteiger partial charge in [0.15, 0.2) is 0 Å². The lowest BCUT2D eigenvalue weighted by molar-refractivity contribution is 0.0877. The van der Waals surface area contributed by atoms with Gasteiger partial charge in [-0.15, -0.1) is 0 Å². The summed E-state index contributed by atoms with van der Waals surface area (Å²) in [7, 11) is -4.13. The topological polar surface area (TPSA) is 121 Å². The van der Waals surface area contributed by atoms with Crippen molar-refractivity contribution in [3.8, 4) is 0 Å². The van der Waals surface area contributed by atoms with Gasteiger partial charge in [0, 0.05) is 6.54 Å². The predicted octanol–water partition coefficient (Wildman–Crippen LogP) is 2.61. The molecular weight excluding hydrogens is 430 g/mol. The molecule has 3 amide bonds. The number of hydrogen-bond acceptors (Lipinski definition) is 5. The molecule has 0 aliphatic carbocycles. The fourth-order valence-corrected chi connectivity index (χ4v) is 4.38. The molecule has 1 aliphatic heterocycles. The zero-order valence-electron chi connectivity index (χ0n) is 17.0. The number of anilines is 1. The fraction of sp³-hybridized carbons (Fsp3) is 0.0870. The van der Waals surface area contributed by atoms with Crippen LogP contribution in [0.2, 0.25) is 0 Å². The van der Waals surface area contributed by atoms with E-state index in [1.54, 1.807) is 12.1 Å². The maximum Gasteiger partial charge on any atom is 0.261 e. The smallest absolute Gasteiger partial charge is 0.261 e. The molecule has 0 fully saturated rings. The normalized spacial score (nSPS) is 12.8. The van der Waals surface area contributed by atoms with E-state index in [0.717, 1.165) is 17.2 Å². The zero-order chi connectivity index (χ0) is 22.9. The quantitative estimate of drug-likeness (QED) is 0.500. The monoisotopic (exact) mass is 449 g/mol. The summed E-state index contributed by atoms with van der Waals surface area (Å²) in [4.78, 5) is 36.1. The molecule has 162 valence electrons. The summed E-state index contributed by atoms with van der Waals surface area (Å²) in [6, 6.07) is 17.5. The Kier molecular flexibility index (Phi) is 5.50. The van der Waals surface area contributed by atoms with Gasteiger partial charge in [0.2, 0.25) is 0 Å². The third-order valence-corrected chi connectivity index (χ3v) is 6.37. The number of aryl methyl sites for hydroxylation is 1. The van der Waals surface area contributed by atoms with E-state index in [9.17, 15) is 22.8 Å². The van der Waals surface area contributed by atoms with Gasteiger partial charge in [-0.05, 0) is 42.8 Å². The zero-order valence-corrected chi connectivity index (χ0v) is 17.8. The molecule has 8 nitrogen and oxygen atoms in total. The number of hydrogen-bond donors (Lipinski definition) is 3. The number of rotatable bonds is 6. The number of carbonyl (C=O) groups is 3. The lowest BCUT2D eigenvalue weighted by atomic mass is 10.1. The van der Waals surface area contributed by atoms with Crippen molar-refractivity contribution in [2.45, 2.75) is 18.4 Å². The highest BCUT2D eigenvalue weighted by Crippen LogP contribution is 2.24. The minimum atomic E-state index is -4.13. The van der Waals surface area contributed by atoms with Gasteiger partial charge in [0.25, 0.3) is 27.7 Å². The van der Waals surface area contributed by atoms with Gasteiger partial charge in [-0.2, -0.15) is 0 Å². The number of nitrogens with one attached hydrogen (secondary N) is 3. The second kappa shape index (κ2) is 8.27. The summed E-state index contributed by atoms with van der Waals surface area (Å²) < 4.78 is 28.2. The van der Waals surface area contributed by atoms with Crippen LogP contribution in [-0.4, -0.2) is 26.1 Å². The van der Waals surface area contributed by atoms with E-state index >= 15 is 0 Å². The molecule has 0 saturated heterocycles. The first-order valence-corrected chi connectivity index (χ1v) is 11.2. The first kappa shape index (κ1) is 21.3. The molecule has 3 N–H and O–H groups in total. The number of sulfonamides is 1. The van der Waals surface area contributed by atoms with Gasteiger partial charge in [-0.1, -0.05) is 42.0 Å². The summed E-state index contributed by atoms with van der Waals surface area (Å²) >= 11 is 0. The first-order chi connectivity index (χ1) is 15.2. The number of fused-ring (bicyclic) bond motifs is 1. The number of amides is 3. The van der Waals surface area contributed by atoms with E-state index in [0.29, 0.717) is 0 Å². The SMILES string of the molecule is Cc1ccc(CNC(=O)c2ccccc2NS(=O)(=O)c2ccc3c(c2)C(=O)NC3=O)cc1. The van der Waals surface area contributed by atoms with Gasteiger partial charge in [-0.25, -0.2) is 8.42 Å².